The maximum Gasteiger partial charge on any atom is 0.125 e. The lowest BCUT2D eigenvalue weighted by atomic mass is 10.0. The average molecular weight is 160 g/mol. The van der Waals surface area contributed by atoms with Crippen LogP contribution in [0.4, 0.5) is 0 Å². The summed E-state index contributed by atoms with van der Waals surface area (Å²) < 4.78 is 2.74. The SMILES string of the molecule is N#CC1(NS)CCSC1. The number of thioether (sulfide) groups is 1. The van der Waals surface area contributed by atoms with Crippen LogP contribution in [-0.2, 0) is 0 Å². The second-order valence-corrected chi connectivity index (χ2v) is 3.44. The fraction of sp³-hybridized carbons (Fsp3) is 0.800. The molecule has 1 saturated heterocycles. The smallest absolute Gasteiger partial charge is 0.125 e. The van der Waals surface area contributed by atoms with Gasteiger partial charge >= 0.3 is 0 Å². The molecule has 4 heteroatoms. The van der Waals surface area contributed by atoms with Crippen LogP contribution in [0.25, 0.3) is 0 Å². The largest absolute Gasteiger partial charge is 0.247 e. The molecule has 0 aromatic heterocycles. The van der Waals surface area contributed by atoms with Crippen molar-refractivity contribution in [3.05, 3.63) is 0 Å². The van der Waals surface area contributed by atoms with Crippen LogP contribution >= 0.6 is 24.6 Å². The van der Waals surface area contributed by atoms with Crippen LogP contribution in [0.15, 0.2) is 0 Å². The molecule has 0 saturated carbocycles. The maximum atomic E-state index is 8.64. The molecular weight excluding hydrogens is 152 g/mol. The quantitative estimate of drug-likeness (QED) is 0.557. The summed E-state index contributed by atoms with van der Waals surface area (Å²) in [5.41, 5.74) is -0.340. The standard InChI is InChI=1S/C5H8N2S2/c6-3-5(7-8)1-2-9-4-5/h7-8H,1-2,4H2. The molecule has 1 atom stereocenters. The summed E-state index contributed by atoms with van der Waals surface area (Å²) in [5, 5.41) is 8.64. The maximum absolute atomic E-state index is 8.64. The molecule has 0 aromatic carbocycles. The molecule has 1 aliphatic rings. The summed E-state index contributed by atoms with van der Waals surface area (Å²) in [6.45, 7) is 0. The van der Waals surface area contributed by atoms with E-state index >= 15 is 0 Å². The summed E-state index contributed by atoms with van der Waals surface area (Å²) in [6, 6.07) is 2.22. The van der Waals surface area contributed by atoms with E-state index in [1.54, 1.807) is 11.8 Å². The highest BCUT2D eigenvalue weighted by atomic mass is 32.2. The van der Waals surface area contributed by atoms with Crippen LogP contribution < -0.4 is 4.72 Å². The van der Waals surface area contributed by atoms with Crippen LogP contribution in [0.2, 0.25) is 0 Å². The van der Waals surface area contributed by atoms with Crippen molar-refractivity contribution < 1.29 is 0 Å². The van der Waals surface area contributed by atoms with Crippen molar-refractivity contribution in [1.29, 1.82) is 5.26 Å². The molecule has 1 N–H and O–H groups in total. The lowest BCUT2D eigenvalue weighted by Crippen LogP contribution is -2.37. The minimum atomic E-state index is -0.340. The number of nitrogens with zero attached hydrogens (tertiary/aromatic N) is 1. The Bertz CT molecular complexity index is 134. The highest BCUT2D eigenvalue weighted by molar-refractivity contribution is 7.99. The first-order chi connectivity index (χ1) is 4.33. The first-order valence-electron chi connectivity index (χ1n) is 2.73. The number of nitriles is 1. The molecule has 0 radical (unpaired) electrons. The number of hydrogen-bond acceptors (Lipinski definition) is 4. The fourth-order valence-electron chi connectivity index (χ4n) is 0.766. The van der Waals surface area contributed by atoms with Crippen molar-refractivity contribution >= 4 is 24.6 Å². The second kappa shape index (κ2) is 2.82. The Morgan fingerprint density at radius 3 is 2.78 bits per heavy atom. The molecule has 1 unspecified atom stereocenters. The molecule has 1 heterocycles. The normalized spacial score (nSPS) is 34.2. The van der Waals surface area contributed by atoms with Crippen LogP contribution in [0.1, 0.15) is 6.42 Å². The molecule has 0 bridgehead atoms. The van der Waals surface area contributed by atoms with Gasteiger partial charge in [0.1, 0.15) is 5.54 Å². The third-order valence-electron chi connectivity index (χ3n) is 1.45. The highest BCUT2D eigenvalue weighted by Crippen LogP contribution is 2.27. The third-order valence-corrected chi connectivity index (χ3v) is 3.07. The average Bonchev–Trinajstić information content (AvgIpc) is 2.36. The van der Waals surface area contributed by atoms with E-state index in [2.05, 4.69) is 23.6 Å². The summed E-state index contributed by atoms with van der Waals surface area (Å²) in [4.78, 5) is 0. The predicted molar refractivity (Wildman–Crippen MR) is 42.4 cm³/mol. The van der Waals surface area contributed by atoms with Gasteiger partial charge in [0.25, 0.3) is 0 Å². The monoisotopic (exact) mass is 160 g/mol. The van der Waals surface area contributed by atoms with Gasteiger partial charge in [-0.3, -0.25) is 0 Å². The van der Waals surface area contributed by atoms with Crippen molar-refractivity contribution in [3.63, 3.8) is 0 Å². The Morgan fingerprint density at radius 2 is 2.56 bits per heavy atom. The van der Waals surface area contributed by atoms with Gasteiger partial charge < -0.3 is 0 Å². The Labute approximate surface area is 64.5 Å². The van der Waals surface area contributed by atoms with E-state index in [9.17, 15) is 0 Å². The van der Waals surface area contributed by atoms with Crippen LogP contribution in [0.5, 0.6) is 0 Å². The van der Waals surface area contributed by atoms with Gasteiger partial charge in [-0.1, -0.05) is 12.8 Å². The van der Waals surface area contributed by atoms with E-state index in [1.807, 2.05) is 0 Å². The molecule has 0 spiro atoms. The molecule has 50 valence electrons. The molecule has 0 amide bonds. The van der Waals surface area contributed by atoms with Crippen molar-refractivity contribution in [3.8, 4) is 6.07 Å². The molecule has 0 aromatic rings. The van der Waals surface area contributed by atoms with E-state index in [1.165, 1.54) is 0 Å². The van der Waals surface area contributed by atoms with E-state index in [0.29, 0.717) is 0 Å². The third kappa shape index (κ3) is 1.34. The van der Waals surface area contributed by atoms with Crippen molar-refractivity contribution in [2.75, 3.05) is 11.5 Å². The summed E-state index contributed by atoms with van der Waals surface area (Å²) in [5.74, 6) is 1.94. The van der Waals surface area contributed by atoms with Gasteiger partial charge in [-0.15, -0.1) is 0 Å². The van der Waals surface area contributed by atoms with Crippen LogP contribution in [-0.4, -0.2) is 17.0 Å². The lowest BCUT2D eigenvalue weighted by molar-refractivity contribution is 0.574. The van der Waals surface area contributed by atoms with Crippen LogP contribution in [0.3, 0.4) is 0 Å². The summed E-state index contributed by atoms with van der Waals surface area (Å²) in [7, 11) is 0. The Kier molecular flexibility index (Phi) is 2.28. The topological polar surface area (TPSA) is 35.8 Å². The number of nitrogens with one attached hydrogen (secondary N) is 1. The lowest BCUT2D eigenvalue weighted by Gasteiger charge is -2.15. The van der Waals surface area contributed by atoms with Gasteiger partial charge in [0.15, 0.2) is 0 Å². The molecule has 2 nitrogen and oxygen atoms in total. The van der Waals surface area contributed by atoms with Gasteiger partial charge in [0, 0.05) is 5.75 Å². The second-order valence-electron chi connectivity index (χ2n) is 2.11. The Hall–Kier alpha value is 0.150. The minimum absolute atomic E-state index is 0.340. The van der Waals surface area contributed by atoms with Gasteiger partial charge in [-0.05, 0) is 12.2 Å². The summed E-state index contributed by atoms with van der Waals surface area (Å²) >= 11 is 5.69. The van der Waals surface area contributed by atoms with Gasteiger partial charge in [0.05, 0.1) is 6.07 Å². The molecule has 9 heavy (non-hydrogen) atoms. The van der Waals surface area contributed by atoms with E-state index in [-0.39, 0.29) is 5.54 Å². The zero-order valence-electron chi connectivity index (χ0n) is 4.92. The summed E-state index contributed by atoms with van der Waals surface area (Å²) in [6.07, 6.45) is 0.914. The van der Waals surface area contributed by atoms with Crippen LogP contribution in [0, 0.1) is 11.3 Å². The van der Waals surface area contributed by atoms with Crippen molar-refractivity contribution in [2.45, 2.75) is 12.0 Å². The number of hydrogen-bond donors (Lipinski definition) is 2. The molecular formula is C5H8N2S2. The Balaban J connectivity index is 2.59. The molecule has 0 aliphatic carbocycles. The number of thiol groups is 1. The predicted octanol–water partition coefficient (Wildman–Crippen LogP) is 0.820. The van der Waals surface area contributed by atoms with Crippen molar-refractivity contribution in [2.24, 2.45) is 0 Å². The van der Waals surface area contributed by atoms with E-state index < -0.39 is 0 Å². The van der Waals surface area contributed by atoms with Crippen molar-refractivity contribution in [1.82, 2.24) is 4.72 Å². The van der Waals surface area contributed by atoms with E-state index in [0.717, 1.165) is 17.9 Å². The first kappa shape index (κ1) is 7.26. The minimum Gasteiger partial charge on any atom is -0.247 e. The highest BCUT2D eigenvalue weighted by Gasteiger charge is 2.32. The fourth-order valence-corrected chi connectivity index (χ4v) is 2.38. The molecule has 1 aliphatic heterocycles. The zero-order chi connectivity index (χ0) is 6.74. The first-order valence-corrected chi connectivity index (χ1v) is 4.33. The van der Waals surface area contributed by atoms with E-state index in [4.69, 9.17) is 5.26 Å². The van der Waals surface area contributed by atoms with Gasteiger partial charge in [-0.25, -0.2) is 4.72 Å². The number of rotatable bonds is 1. The molecule has 1 fully saturated rings. The molecule has 1 rings (SSSR count). The van der Waals surface area contributed by atoms with Gasteiger partial charge in [-0.2, -0.15) is 17.0 Å². The van der Waals surface area contributed by atoms with Gasteiger partial charge in [0.2, 0.25) is 0 Å². The zero-order valence-corrected chi connectivity index (χ0v) is 6.63. The Morgan fingerprint density at radius 1 is 1.78 bits per heavy atom.